The van der Waals surface area contributed by atoms with Crippen LogP contribution in [0.1, 0.15) is 40.0 Å². The van der Waals surface area contributed by atoms with Gasteiger partial charge in [0, 0.05) is 25.0 Å². The van der Waals surface area contributed by atoms with Gasteiger partial charge in [-0.1, -0.05) is 0 Å². The van der Waals surface area contributed by atoms with Gasteiger partial charge in [-0.15, -0.1) is 0 Å². The summed E-state index contributed by atoms with van der Waals surface area (Å²) in [5.41, 5.74) is -0.527. The molecule has 0 aromatic carbocycles. The lowest BCUT2D eigenvalue weighted by atomic mass is 10.0. The Kier molecular flexibility index (Phi) is 5.50. The fraction of sp³-hybridized carbons (Fsp3) is 0.667. The first-order valence-corrected chi connectivity index (χ1v) is 8.84. The Morgan fingerprint density at radius 2 is 2.05 bits per heavy atom. The van der Waals surface area contributed by atoms with E-state index in [4.69, 9.17) is 4.74 Å². The van der Waals surface area contributed by atoms with Crippen LogP contribution in [0, 0.1) is 0 Å². The third kappa shape index (κ3) is 4.76. The SMILES string of the molecule is CC(C)(C)OC(=O)N1CCCC[C@@H]1C[S@](=O)c1ncccn1. The summed E-state index contributed by atoms with van der Waals surface area (Å²) < 4.78 is 17.8. The smallest absolute Gasteiger partial charge is 0.410 e. The van der Waals surface area contributed by atoms with Gasteiger partial charge in [-0.2, -0.15) is 0 Å². The van der Waals surface area contributed by atoms with Crippen LogP contribution in [0.25, 0.3) is 0 Å². The van der Waals surface area contributed by atoms with Crippen LogP contribution in [-0.2, 0) is 15.5 Å². The summed E-state index contributed by atoms with van der Waals surface area (Å²) in [7, 11) is -1.31. The number of hydrogen-bond donors (Lipinski definition) is 0. The average molecular weight is 325 g/mol. The van der Waals surface area contributed by atoms with E-state index in [-0.39, 0.29) is 12.1 Å². The number of likely N-dealkylation sites (tertiary alicyclic amines) is 1. The van der Waals surface area contributed by atoms with Gasteiger partial charge < -0.3 is 9.64 Å². The van der Waals surface area contributed by atoms with Crippen molar-refractivity contribution < 1.29 is 13.7 Å². The van der Waals surface area contributed by atoms with Crippen LogP contribution in [0.5, 0.6) is 0 Å². The van der Waals surface area contributed by atoms with Crippen molar-refractivity contribution in [2.45, 2.75) is 56.8 Å². The van der Waals surface area contributed by atoms with Crippen molar-refractivity contribution in [2.24, 2.45) is 0 Å². The van der Waals surface area contributed by atoms with Crippen molar-refractivity contribution in [3.8, 4) is 0 Å². The standard InChI is InChI=1S/C15H23N3O3S/c1-15(2,3)21-14(19)18-10-5-4-7-12(18)11-22(20)13-16-8-6-9-17-13/h6,8-9,12H,4-5,7,10-11H2,1-3H3/t12-,22+/m1/s1. The first-order chi connectivity index (χ1) is 10.4. The number of nitrogens with zero attached hydrogens (tertiary/aromatic N) is 3. The number of piperidine rings is 1. The molecule has 1 saturated heterocycles. The van der Waals surface area contributed by atoms with Gasteiger partial charge in [-0.3, -0.25) is 4.21 Å². The van der Waals surface area contributed by atoms with Gasteiger partial charge >= 0.3 is 6.09 Å². The quantitative estimate of drug-likeness (QED) is 0.798. The second kappa shape index (κ2) is 7.17. The minimum atomic E-state index is -1.31. The third-order valence-electron chi connectivity index (χ3n) is 3.34. The summed E-state index contributed by atoms with van der Waals surface area (Å²) >= 11 is 0. The van der Waals surface area contributed by atoms with Gasteiger partial charge in [0.05, 0.1) is 16.6 Å². The molecule has 0 N–H and O–H groups in total. The molecule has 1 aliphatic rings. The predicted octanol–water partition coefficient (Wildman–Crippen LogP) is 2.37. The van der Waals surface area contributed by atoms with Crippen LogP contribution in [0.15, 0.2) is 23.6 Å². The van der Waals surface area contributed by atoms with Crippen LogP contribution in [0.2, 0.25) is 0 Å². The number of hydrogen-bond acceptors (Lipinski definition) is 5. The monoisotopic (exact) mass is 325 g/mol. The number of amides is 1. The zero-order chi connectivity index (χ0) is 16.2. The maximum Gasteiger partial charge on any atom is 0.410 e. The van der Waals surface area contributed by atoms with Crippen LogP contribution < -0.4 is 0 Å². The van der Waals surface area contributed by atoms with Crippen molar-refractivity contribution in [2.75, 3.05) is 12.3 Å². The van der Waals surface area contributed by atoms with Crippen molar-refractivity contribution in [1.29, 1.82) is 0 Å². The van der Waals surface area contributed by atoms with E-state index in [1.807, 2.05) is 20.8 Å². The van der Waals surface area contributed by atoms with E-state index in [0.717, 1.165) is 19.3 Å². The highest BCUT2D eigenvalue weighted by Crippen LogP contribution is 2.21. The molecule has 0 spiro atoms. The molecule has 0 aliphatic carbocycles. The van der Waals surface area contributed by atoms with E-state index in [1.165, 1.54) is 0 Å². The molecule has 0 radical (unpaired) electrons. The van der Waals surface area contributed by atoms with E-state index in [1.54, 1.807) is 23.4 Å². The molecule has 1 aliphatic heterocycles. The second-order valence-corrected chi connectivity index (χ2v) is 7.76. The third-order valence-corrected chi connectivity index (χ3v) is 4.65. The van der Waals surface area contributed by atoms with Gasteiger partial charge in [0.25, 0.3) is 0 Å². The zero-order valence-corrected chi connectivity index (χ0v) is 14.1. The molecule has 0 bridgehead atoms. The summed E-state index contributed by atoms with van der Waals surface area (Å²) in [6, 6.07) is 1.60. The van der Waals surface area contributed by atoms with Gasteiger partial charge in [0.15, 0.2) is 0 Å². The molecule has 2 atom stereocenters. The highest BCUT2D eigenvalue weighted by molar-refractivity contribution is 7.84. The summed E-state index contributed by atoms with van der Waals surface area (Å²) in [4.78, 5) is 22.1. The summed E-state index contributed by atoms with van der Waals surface area (Å²) in [6.07, 6.45) is 5.63. The Hall–Kier alpha value is -1.50. The lowest BCUT2D eigenvalue weighted by Crippen LogP contribution is -2.48. The van der Waals surface area contributed by atoms with Gasteiger partial charge in [-0.05, 0) is 46.1 Å². The van der Waals surface area contributed by atoms with Crippen LogP contribution in [0.3, 0.4) is 0 Å². The van der Waals surface area contributed by atoms with Gasteiger partial charge in [-0.25, -0.2) is 14.8 Å². The Bertz CT molecular complexity index is 531. The number of rotatable bonds is 3. The maximum atomic E-state index is 12.4. The molecule has 1 aromatic rings. The maximum absolute atomic E-state index is 12.4. The molecule has 1 aromatic heterocycles. The molecule has 0 saturated carbocycles. The molecule has 122 valence electrons. The lowest BCUT2D eigenvalue weighted by Gasteiger charge is -2.36. The highest BCUT2D eigenvalue weighted by atomic mass is 32.2. The summed E-state index contributed by atoms with van der Waals surface area (Å²) in [6.45, 7) is 6.19. The van der Waals surface area contributed by atoms with E-state index in [9.17, 15) is 9.00 Å². The van der Waals surface area contributed by atoms with E-state index >= 15 is 0 Å². The average Bonchev–Trinajstić information content (AvgIpc) is 2.47. The predicted molar refractivity (Wildman–Crippen MR) is 83.9 cm³/mol. The van der Waals surface area contributed by atoms with E-state index in [2.05, 4.69) is 9.97 Å². The fourth-order valence-electron chi connectivity index (χ4n) is 2.39. The van der Waals surface area contributed by atoms with Crippen molar-refractivity contribution in [3.05, 3.63) is 18.5 Å². The molecule has 2 heterocycles. The van der Waals surface area contributed by atoms with Crippen molar-refractivity contribution >= 4 is 16.9 Å². The largest absolute Gasteiger partial charge is 0.444 e. The minimum Gasteiger partial charge on any atom is -0.444 e. The zero-order valence-electron chi connectivity index (χ0n) is 13.3. The van der Waals surface area contributed by atoms with Crippen molar-refractivity contribution in [3.63, 3.8) is 0 Å². The first kappa shape index (κ1) is 16.9. The molecular formula is C15H23N3O3S. The van der Waals surface area contributed by atoms with E-state index < -0.39 is 16.4 Å². The topological polar surface area (TPSA) is 72.4 Å². The summed E-state index contributed by atoms with van der Waals surface area (Å²) in [5, 5.41) is 0.317. The van der Waals surface area contributed by atoms with Crippen molar-refractivity contribution in [1.82, 2.24) is 14.9 Å². The Morgan fingerprint density at radius 1 is 1.36 bits per heavy atom. The Morgan fingerprint density at radius 3 is 2.68 bits per heavy atom. The fourth-order valence-corrected chi connectivity index (χ4v) is 3.59. The molecule has 2 rings (SSSR count). The highest BCUT2D eigenvalue weighted by Gasteiger charge is 2.32. The molecular weight excluding hydrogens is 302 g/mol. The molecule has 6 nitrogen and oxygen atoms in total. The Balaban J connectivity index is 2.04. The lowest BCUT2D eigenvalue weighted by molar-refractivity contribution is 0.0125. The molecule has 1 amide bonds. The number of ether oxygens (including phenoxy) is 1. The normalized spacial score (nSPS) is 20.5. The number of aromatic nitrogens is 2. The first-order valence-electron chi connectivity index (χ1n) is 7.52. The molecule has 0 unspecified atom stereocenters. The molecule has 7 heteroatoms. The van der Waals surface area contributed by atoms with Crippen LogP contribution >= 0.6 is 0 Å². The number of carbonyl (C=O) groups is 1. The summed E-state index contributed by atoms with van der Waals surface area (Å²) in [5.74, 6) is 0.350. The minimum absolute atomic E-state index is 0.0896. The van der Waals surface area contributed by atoms with E-state index in [0.29, 0.717) is 17.5 Å². The van der Waals surface area contributed by atoms with Crippen LogP contribution in [-0.4, -0.2) is 49.1 Å². The van der Waals surface area contributed by atoms with Gasteiger partial charge in [0.1, 0.15) is 5.60 Å². The van der Waals surface area contributed by atoms with Gasteiger partial charge in [0.2, 0.25) is 5.16 Å². The molecule has 1 fully saturated rings. The number of carbonyl (C=O) groups excluding carboxylic acids is 1. The molecule has 22 heavy (non-hydrogen) atoms. The Labute approximate surface area is 133 Å². The second-order valence-electron chi connectivity index (χ2n) is 6.37. The van der Waals surface area contributed by atoms with Crippen LogP contribution in [0.4, 0.5) is 4.79 Å².